The van der Waals surface area contributed by atoms with Gasteiger partial charge in [0.25, 0.3) is 0 Å². The van der Waals surface area contributed by atoms with Crippen LogP contribution in [-0.4, -0.2) is 56.1 Å². The van der Waals surface area contributed by atoms with E-state index in [9.17, 15) is 8.42 Å². The first kappa shape index (κ1) is 18.7. The van der Waals surface area contributed by atoms with Crippen LogP contribution in [0.5, 0.6) is 0 Å². The normalized spacial score (nSPS) is 23.4. The van der Waals surface area contributed by atoms with Crippen LogP contribution in [0.25, 0.3) is 0 Å². The lowest BCUT2D eigenvalue weighted by Gasteiger charge is -2.37. The van der Waals surface area contributed by atoms with E-state index in [0.29, 0.717) is 41.7 Å². The smallest absolute Gasteiger partial charge is 0.243 e. The fourth-order valence-corrected chi connectivity index (χ4v) is 5.81. The molecule has 1 aromatic carbocycles. The van der Waals surface area contributed by atoms with Crippen molar-refractivity contribution < 1.29 is 13.2 Å². The fourth-order valence-electron chi connectivity index (χ4n) is 3.83. The van der Waals surface area contributed by atoms with Crippen molar-refractivity contribution in [3.05, 3.63) is 52.7 Å². The molecule has 2 saturated heterocycles. The molecule has 144 valence electrons. The summed E-state index contributed by atoms with van der Waals surface area (Å²) in [6, 6.07) is 9.09. The number of hydrogen-bond donors (Lipinski definition) is 0. The molecule has 6 nitrogen and oxygen atoms in total. The summed E-state index contributed by atoms with van der Waals surface area (Å²) < 4.78 is 34.0. The molecule has 0 aliphatic carbocycles. The molecule has 2 aliphatic rings. The highest BCUT2D eigenvalue weighted by molar-refractivity contribution is 7.89. The van der Waals surface area contributed by atoms with E-state index in [1.807, 2.05) is 25.1 Å². The second-order valence-corrected chi connectivity index (χ2v) is 9.36. The highest BCUT2D eigenvalue weighted by atomic mass is 35.5. The average Bonchev–Trinajstić information content (AvgIpc) is 3.10. The first-order chi connectivity index (χ1) is 12.9. The van der Waals surface area contributed by atoms with Crippen LogP contribution in [0, 0.1) is 13.8 Å². The van der Waals surface area contributed by atoms with Crippen molar-refractivity contribution >= 4 is 27.4 Å². The predicted molar refractivity (Wildman–Crippen MR) is 105 cm³/mol. The van der Waals surface area contributed by atoms with Crippen molar-refractivity contribution in [1.82, 2.24) is 9.29 Å². The molecular weight excluding hydrogens is 386 g/mol. The molecule has 0 spiro atoms. The van der Waals surface area contributed by atoms with Crippen LogP contribution in [0.2, 0.25) is 5.02 Å². The Balaban J connectivity index is 1.64. The number of hydrogen-bond acceptors (Lipinski definition) is 5. The van der Waals surface area contributed by atoms with E-state index in [1.54, 1.807) is 25.3 Å². The van der Waals surface area contributed by atoms with Crippen molar-refractivity contribution in [2.75, 3.05) is 31.1 Å². The molecule has 2 fully saturated rings. The second-order valence-electron chi connectivity index (χ2n) is 7.05. The summed E-state index contributed by atoms with van der Waals surface area (Å²) in [5.74, 6) is 0.855. The van der Waals surface area contributed by atoms with E-state index in [1.165, 1.54) is 4.31 Å². The molecular formula is C19H22ClN3O3S. The van der Waals surface area contributed by atoms with Gasteiger partial charge in [0.2, 0.25) is 10.0 Å². The standard InChI is InChI=1S/C19H22ClN3O3S/c1-13-10-18(14(2)9-15(13)20)27(24,25)22-11-16-17(12-22)26-8-7-23(16)19-5-3-4-6-21-19/h3-6,9-10,16-17H,7-8,11-12H2,1-2H3/t16-,17-/m0/s1. The number of aromatic nitrogens is 1. The van der Waals surface area contributed by atoms with E-state index in [-0.39, 0.29) is 12.1 Å². The van der Waals surface area contributed by atoms with Gasteiger partial charge in [0.15, 0.2) is 0 Å². The number of halogens is 1. The maximum atomic E-state index is 13.3. The quantitative estimate of drug-likeness (QED) is 0.782. The highest BCUT2D eigenvalue weighted by Gasteiger charge is 2.45. The van der Waals surface area contributed by atoms with Crippen LogP contribution in [0.1, 0.15) is 11.1 Å². The lowest BCUT2D eigenvalue weighted by molar-refractivity contribution is 0.0328. The first-order valence-corrected chi connectivity index (χ1v) is 10.8. The van der Waals surface area contributed by atoms with Crippen molar-refractivity contribution in [2.45, 2.75) is 30.9 Å². The lowest BCUT2D eigenvalue weighted by Crippen LogP contribution is -2.51. The van der Waals surface area contributed by atoms with E-state index in [4.69, 9.17) is 16.3 Å². The molecule has 2 atom stereocenters. The van der Waals surface area contributed by atoms with Gasteiger partial charge >= 0.3 is 0 Å². The molecule has 0 saturated carbocycles. The summed E-state index contributed by atoms with van der Waals surface area (Å²) in [5, 5.41) is 0.575. The summed E-state index contributed by atoms with van der Waals surface area (Å²) in [5.41, 5.74) is 1.41. The number of fused-ring (bicyclic) bond motifs is 1. The molecule has 0 amide bonds. The van der Waals surface area contributed by atoms with E-state index in [0.717, 1.165) is 11.4 Å². The fraction of sp³-hybridized carbons (Fsp3) is 0.421. The SMILES string of the molecule is Cc1cc(S(=O)(=O)N2C[C@@H]3OCCN(c4ccccn4)[C@H]3C2)c(C)cc1Cl. The van der Waals surface area contributed by atoms with Crippen LogP contribution >= 0.6 is 11.6 Å². The van der Waals surface area contributed by atoms with Crippen LogP contribution in [-0.2, 0) is 14.8 Å². The number of sulfonamides is 1. The van der Waals surface area contributed by atoms with Crippen molar-refractivity contribution in [3.63, 3.8) is 0 Å². The molecule has 2 aliphatic heterocycles. The summed E-state index contributed by atoms with van der Waals surface area (Å²) in [4.78, 5) is 6.90. The third kappa shape index (κ3) is 3.33. The van der Waals surface area contributed by atoms with Gasteiger partial charge in [-0.1, -0.05) is 17.7 Å². The van der Waals surface area contributed by atoms with Gasteiger partial charge in [-0.15, -0.1) is 0 Å². The summed E-state index contributed by atoms with van der Waals surface area (Å²) in [6.45, 7) is 5.58. The Morgan fingerprint density at radius 2 is 2.00 bits per heavy atom. The second kappa shape index (κ2) is 7.05. The van der Waals surface area contributed by atoms with Crippen LogP contribution in [0.15, 0.2) is 41.4 Å². The molecule has 3 heterocycles. The van der Waals surface area contributed by atoms with Gasteiger partial charge in [0, 0.05) is 30.9 Å². The molecule has 2 aromatic rings. The maximum absolute atomic E-state index is 13.3. The summed E-state index contributed by atoms with van der Waals surface area (Å²) >= 11 is 6.14. The lowest BCUT2D eigenvalue weighted by atomic mass is 10.1. The number of aryl methyl sites for hydroxylation is 2. The maximum Gasteiger partial charge on any atom is 0.243 e. The topological polar surface area (TPSA) is 62.7 Å². The largest absolute Gasteiger partial charge is 0.373 e. The number of anilines is 1. The van der Waals surface area contributed by atoms with Gasteiger partial charge in [0.1, 0.15) is 5.82 Å². The van der Waals surface area contributed by atoms with Gasteiger partial charge < -0.3 is 9.64 Å². The first-order valence-electron chi connectivity index (χ1n) is 8.94. The Hall–Kier alpha value is -1.67. The third-order valence-electron chi connectivity index (χ3n) is 5.29. The minimum atomic E-state index is -3.62. The van der Waals surface area contributed by atoms with Crippen molar-refractivity contribution in [3.8, 4) is 0 Å². The van der Waals surface area contributed by atoms with E-state index in [2.05, 4.69) is 9.88 Å². The number of rotatable bonds is 3. The van der Waals surface area contributed by atoms with Crippen molar-refractivity contribution in [2.24, 2.45) is 0 Å². The summed E-state index contributed by atoms with van der Waals surface area (Å²) in [6.07, 6.45) is 1.59. The van der Waals surface area contributed by atoms with Crippen LogP contribution in [0.3, 0.4) is 0 Å². The number of nitrogens with zero attached hydrogens (tertiary/aromatic N) is 3. The molecule has 4 rings (SSSR count). The minimum Gasteiger partial charge on any atom is -0.373 e. The van der Waals surface area contributed by atoms with Gasteiger partial charge in [-0.3, -0.25) is 0 Å². The van der Waals surface area contributed by atoms with Crippen molar-refractivity contribution in [1.29, 1.82) is 0 Å². The Morgan fingerprint density at radius 3 is 2.74 bits per heavy atom. The van der Waals surface area contributed by atoms with E-state index < -0.39 is 10.0 Å². The number of pyridine rings is 1. The Morgan fingerprint density at radius 1 is 1.19 bits per heavy atom. The third-order valence-corrected chi connectivity index (χ3v) is 7.67. The van der Waals surface area contributed by atoms with Gasteiger partial charge in [-0.05, 0) is 49.2 Å². The van der Waals surface area contributed by atoms with Gasteiger partial charge in [0.05, 0.1) is 23.6 Å². The predicted octanol–water partition coefficient (Wildman–Crippen LogP) is 2.63. The molecule has 0 radical (unpaired) electrons. The monoisotopic (exact) mass is 407 g/mol. The Labute approximate surface area is 164 Å². The number of benzene rings is 1. The summed E-state index contributed by atoms with van der Waals surface area (Å²) in [7, 11) is -3.62. The molecule has 0 bridgehead atoms. The number of morpholine rings is 1. The highest BCUT2D eigenvalue weighted by Crippen LogP contribution is 2.32. The van der Waals surface area contributed by atoms with Gasteiger partial charge in [-0.2, -0.15) is 4.31 Å². The Bertz CT molecular complexity index is 952. The molecule has 8 heteroatoms. The van der Waals surface area contributed by atoms with Gasteiger partial charge in [-0.25, -0.2) is 13.4 Å². The molecule has 0 N–H and O–H groups in total. The molecule has 27 heavy (non-hydrogen) atoms. The van der Waals surface area contributed by atoms with E-state index >= 15 is 0 Å². The zero-order chi connectivity index (χ0) is 19.2. The minimum absolute atomic E-state index is 0.0443. The zero-order valence-electron chi connectivity index (χ0n) is 15.3. The zero-order valence-corrected chi connectivity index (χ0v) is 16.9. The van der Waals surface area contributed by atoms with Crippen LogP contribution < -0.4 is 4.90 Å². The van der Waals surface area contributed by atoms with Crippen LogP contribution in [0.4, 0.5) is 5.82 Å². The average molecular weight is 408 g/mol. The number of ether oxygens (including phenoxy) is 1. The molecule has 0 unspecified atom stereocenters. The Kier molecular flexibility index (Phi) is 4.88. The molecule has 1 aromatic heterocycles.